The Labute approximate surface area is 94.0 Å². The molecule has 1 atom stereocenters. The summed E-state index contributed by atoms with van der Waals surface area (Å²) in [5.41, 5.74) is 2.52. The molecule has 1 unspecified atom stereocenters. The highest BCUT2D eigenvalue weighted by molar-refractivity contribution is 6.30. The summed E-state index contributed by atoms with van der Waals surface area (Å²) in [5, 5.41) is 5.35. The van der Waals surface area contributed by atoms with Crippen molar-refractivity contribution in [2.75, 3.05) is 13.1 Å². The second-order valence-electron chi connectivity index (χ2n) is 3.99. The molecule has 0 aliphatic carbocycles. The molecule has 0 bridgehead atoms. The van der Waals surface area contributed by atoms with E-state index >= 15 is 0 Å². The van der Waals surface area contributed by atoms with Crippen LogP contribution < -0.4 is 0 Å². The van der Waals surface area contributed by atoms with Gasteiger partial charge in [-0.1, -0.05) is 24.6 Å². The van der Waals surface area contributed by atoms with Gasteiger partial charge in [0, 0.05) is 24.0 Å². The fraction of sp³-hybridized carbons (Fsp3) is 0.455. The molecule has 0 amide bonds. The molecule has 1 aromatic carbocycles. The monoisotopic (exact) mass is 224 g/mol. The van der Waals surface area contributed by atoms with Crippen molar-refractivity contribution in [1.29, 1.82) is 0 Å². The first kappa shape index (κ1) is 10.4. The van der Waals surface area contributed by atoms with Crippen LogP contribution in [0.15, 0.2) is 23.5 Å². The third-order valence-electron chi connectivity index (χ3n) is 2.88. The second kappa shape index (κ2) is 4.19. The van der Waals surface area contributed by atoms with Crippen LogP contribution in [0.5, 0.6) is 0 Å². The van der Waals surface area contributed by atoms with Crippen LogP contribution in [0, 0.1) is 4.91 Å². The molecule has 0 N–H and O–H groups in total. The summed E-state index contributed by atoms with van der Waals surface area (Å²) in [7, 11) is 0. The number of halogens is 1. The first-order chi connectivity index (χ1) is 7.20. The predicted octanol–water partition coefficient (Wildman–Crippen LogP) is 2.98. The number of rotatable bonds is 1. The summed E-state index contributed by atoms with van der Waals surface area (Å²) in [6, 6.07) is 5.94. The van der Waals surface area contributed by atoms with Crippen molar-refractivity contribution in [1.82, 2.24) is 5.01 Å². The lowest BCUT2D eigenvalue weighted by Gasteiger charge is -2.15. The van der Waals surface area contributed by atoms with Gasteiger partial charge in [0.25, 0.3) is 0 Å². The quantitative estimate of drug-likeness (QED) is 0.687. The maximum absolute atomic E-state index is 10.5. The number of nitrogens with zero attached hydrogens (tertiary/aromatic N) is 2. The fourth-order valence-corrected chi connectivity index (χ4v) is 2.26. The van der Waals surface area contributed by atoms with Crippen molar-refractivity contribution in [2.24, 2.45) is 5.29 Å². The van der Waals surface area contributed by atoms with Crippen LogP contribution in [0.25, 0.3) is 0 Å². The van der Waals surface area contributed by atoms with E-state index in [0.717, 1.165) is 11.4 Å². The molecule has 1 aliphatic heterocycles. The van der Waals surface area contributed by atoms with Gasteiger partial charge in [-0.2, -0.15) is 0 Å². The van der Waals surface area contributed by atoms with Gasteiger partial charge in [0.05, 0.1) is 5.29 Å². The van der Waals surface area contributed by atoms with Gasteiger partial charge in [-0.25, -0.2) is 0 Å². The van der Waals surface area contributed by atoms with E-state index in [9.17, 15) is 4.91 Å². The fourth-order valence-electron chi connectivity index (χ4n) is 2.08. The third-order valence-corrected chi connectivity index (χ3v) is 3.11. The van der Waals surface area contributed by atoms with Crippen LogP contribution in [0.4, 0.5) is 0 Å². The van der Waals surface area contributed by atoms with Crippen LogP contribution in [0.2, 0.25) is 5.02 Å². The molecule has 15 heavy (non-hydrogen) atoms. The standard InChI is InChI=1S/C11H13ClN2O/c1-8-7-14(13-15)5-4-9-2-3-10(12)6-11(8)9/h2-3,6,8H,4-5,7H2,1H3. The molecule has 1 heterocycles. The van der Waals surface area contributed by atoms with Gasteiger partial charge >= 0.3 is 0 Å². The highest BCUT2D eigenvalue weighted by atomic mass is 35.5. The Morgan fingerprint density at radius 3 is 3.07 bits per heavy atom. The SMILES string of the molecule is CC1CN(N=O)CCc2ccc(Cl)cc21. The Morgan fingerprint density at radius 1 is 1.53 bits per heavy atom. The molecule has 1 aliphatic rings. The van der Waals surface area contributed by atoms with E-state index in [4.69, 9.17) is 11.6 Å². The van der Waals surface area contributed by atoms with Crippen LogP contribution in [-0.4, -0.2) is 18.1 Å². The van der Waals surface area contributed by atoms with Crippen LogP contribution in [-0.2, 0) is 6.42 Å². The first-order valence-corrected chi connectivity index (χ1v) is 5.45. The summed E-state index contributed by atoms with van der Waals surface area (Å²) >= 11 is 5.97. The van der Waals surface area contributed by atoms with Crippen molar-refractivity contribution in [3.05, 3.63) is 39.3 Å². The maximum atomic E-state index is 10.5. The first-order valence-electron chi connectivity index (χ1n) is 5.07. The largest absolute Gasteiger partial charge is 0.260 e. The minimum atomic E-state index is 0.305. The van der Waals surface area contributed by atoms with Gasteiger partial charge in [-0.3, -0.25) is 5.01 Å². The minimum absolute atomic E-state index is 0.305. The average molecular weight is 225 g/mol. The molecule has 2 rings (SSSR count). The Morgan fingerprint density at radius 2 is 2.33 bits per heavy atom. The van der Waals surface area contributed by atoms with Crippen molar-refractivity contribution >= 4 is 11.6 Å². The van der Waals surface area contributed by atoms with Crippen LogP contribution >= 0.6 is 11.6 Å². The molecule has 0 radical (unpaired) electrons. The van der Waals surface area contributed by atoms with E-state index in [1.807, 2.05) is 18.2 Å². The number of hydrogen-bond donors (Lipinski definition) is 0. The molecule has 0 saturated carbocycles. The Bertz CT molecular complexity index is 381. The van der Waals surface area contributed by atoms with Crippen molar-refractivity contribution in [3.8, 4) is 0 Å². The maximum Gasteiger partial charge on any atom is 0.0524 e. The van der Waals surface area contributed by atoms with E-state index in [1.54, 1.807) is 5.01 Å². The van der Waals surface area contributed by atoms with Crippen LogP contribution in [0.3, 0.4) is 0 Å². The Kier molecular flexibility index (Phi) is 2.91. The molecule has 0 spiro atoms. The summed E-state index contributed by atoms with van der Waals surface area (Å²) in [6.45, 7) is 3.47. The lowest BCUT2D eigenvalue weighted by molar-refractivity contribution is 0.282. The molecule has 3 nitrogen and oxygen atoms in total. The van der Waals surface area contributed by atoms with E-state index in [0.29, 0.717) is 19.0 Å². The molecular formula is C11H13ClN2O. The molecule has 1 aromatic rings. The number of fused-ring (bicyclic) bond motifs is 1. The minimum Gasteiger partial charge on any atom is -0.260 e. The zero-order chi connectivity index (χ0) is 10.8. The normalized spacial score (nSPS) is 20.7. The topological polar surface area (TPSA) is 32.7 Å². The Hall–Kier alpha value is -1.09. The van der Waals surface area contributed by atoms with Crippen molar-refractivity contribution in [3.63, 3.8) is 0 Å². The second-order valence-corrected chi connectivity index (χ2v) is 4.42. The molecule has 80 valence electrons. The molecule has 0 fully saturated rings. The van der Waals surface area contributed by atoms with Crippen LogP contribution in [0.1, 0.15) is 24.0 Å². The third kappa shape index (κ3) is 2.12. The summed E-state index contributed by atoms with van der Waals surface area (Å²) < 4.78 is 0. The zero-order valence-electron chi connectivity index (χ0n) is 8.61. The number of hydrogen-bond acceptors (Lipinski definition) is 2. The van der Waals surface area contributed by atoms with Gasteiger partial charge in [-0.05, 0) is 29.7 Å². The lowest BCUT2D eigenvalue weighted by Crippen LogP contribution is -2.21. The smallest absolute Gasteiger partial charge is 0.0524 e. The van der Waals surface area contributed by atoms with Crippen molar-refractivity contribution < 1.29 is 0 Å². The van der Waals surface area contributed by atoms with E-state index < -0.39 is 0 Å². The van der Waals surface area contributed by atoms with E-state index in [2.05, 4.69) is 12.2 Å². The zero-order valence-corrected chi connectivity index (χ0v) is 9.37. The summed E-state index contributed by atoms with van der Waals surface area (Å²) in [5.74, 6) is 0.305. The lowest BCUT2D eigenvalue weighted by atomic mass is 9.95. The van der Waals surface area contributed by atoms with Crippen molar-refractivity contribution in [2.45, 2.75) is 19.3 Å². The van der Waals surface area contributed by atoms with Gasteiger partial charge in [0.15, 0.2) is 0 Å². The number of nitroso groups, excluding NO2 is 1. The summed E-state index contributed by atoms with van der Waals surface area (Å²) in [4.78, 5) is 10.5. The molecular weight excluding hydrogens is 212 g/mol. The highest BCUT2D eigenvalue weighted by Gasteiger charge is 2.19. The average Bonchev–Trinajstić information content (AvgIpc) is 2.39. The summed E-state index contributed by atoms with van der Waals surface area (Å²) in [6.07, 6.45) is 0.864. The van der Waals surface area contributed by atoms with Gasteiger partial charge < -0.3 is 0 Å². The number of benzene rings is 1. The Balaban J connectivity index is 2.35. The van der Waals surface area contributed by atoms with Gasteiger partial charge in [-0.15, -0.1) is 4.91 Å². The molecule has 0 aromatic heterocycles. The van der Waals surface area contributed by atoms with Gasteiger partial charge in [0.2, 0.25) is 0 Å². The highest BCUT2D eigenvalue weighted by Crippen LogP contribution is 2.27. The van der Waals surface area contributed by atoms with Gasteiger partial charge in [0.1, 0.15) is 0 Å². The predicted molar refractivity (Wildman–Crippen MR) is 60.9 cm³/mol. The van der Waals surface area contributed by atoms with E-state index in [1.165, 1.54) is 11.1 Å². The molecule has 4 heteroatoms. The van der Waals surface area contributed by atoms with E-state index in [-0.39, 0.29) is 0 Å². The molecule has 0 saturated heterocycles.